The lowest BCUT2D eigenvalue weighted by molar-refractivity contribution is 0.259. The van der Waals surface area contributed by atoms with Crippen LogP contribution >= 0.6 is 11.8 Å². The van der Waals surface area contributed by atoms with Crippen LogP contribution in [-0.4, -0.2) is 22.7 Å². The van der Waals surface area contributed by atoms with Crippen molar-refractivity contribution in [2.45, 2.75) is 29.3 Å². The number of halogens is 1. The van der Waals surface area contributed by atoms with Gasteiger partial charge in [-0.05, 0) is 18.1 Å². The van der Waals surface area contributed by atoms with Crippen LogP contribution in [-0.2, 0) is 6.67 Å². The van der Waals surface area contributed by atoms with Crippen LogP contribution in [0.25, 0.3) is 0 Å². The highest BCUT2D eigenvalue weighted by Gasteiger charge is 2.19. The third-order valence-electron chi connectivity index (χ3n) is 3.37. The molecule has 3 N–H and O–H groups in total. The molecule has 1 aromatic carbocycles. The molecule has 0 aliphatic carbocycles. The van der Waals surface area contributed by atoms with Crippen molar-refractivity contribution in [3.63, 3.8) is 0 Å². The van der Waals surface area contributed by atoms with Crippen molar-refractivity contribution in [3.05, 3.63) is 59.4 Å². The number of alkyl halides is 1. The number of benzene rings is 1. The van der Waals surface area contributed by atoms with Gasteiger partial charge >= 0.3 is 0 Å². The molecule has 0 saturated heterocycles. The van der Waals surface area contributed by atoms with Crippen LogP contribution in [0.5, 0.6) is 0 Å². The lowest BCUT2D eigenvalue weighted by Gasteiger charge is -2.20. The van der Waals surface area contributed by atoms with Gasteiger partial charge in [0, 0.05) is 22.4 Å². The fraction of sp³-hybridized carbons (Fsp3) is 0.294. The Morgan fingerprint density at radius 2 is 2.09 bits per heavy atom. The monoisotopic (exact) mass is 331 g/mol. The number of nitriles is 1. The van der Waals surface area contributed by atoms with Crippen LogP contribution in [0.15, 0.2) is 47.5 Å². The maximum absolute atomic E-state index is 12.9. The summed E-state index contributed by atoms with van der Waals surface area (Å²) in [4.78, 5) is 4.59. The summed E-state index contributed by atoms with van der Waals surface area (Å²) in [7, 11) is 0. The van der Waals surface area contributed by atoms with Gasteiger partial charge in [0.2, 0.25) is 0 Å². The van der Waals surface area contributed by atoms with Gasteiger partial charge in [-0.25, -0.2) is 4.39 Å². The van der Waals surface area contributed by atoms with E-state index in [0.717, 1.165) is 5.56 Å². The van der Waals surface area contributed by atoms with Crippen LogP contribution in [0, 0.1) is 11.3 Å². The molecule has 0 spiro atoms. The smallest absolute Gasteiger partial charge is 0.131 e. The first kappa shape index (κ1) is 17.4. The number of aliphatic hydroxyl groups excluding tert-OH is 1. The highest BCUT2D eigenvalue weighted by Crippen LogP contribution is 2.39. The summed E-state index contributed by atoms with van der Waals surface area (Å²) in [6.45, 7) is -0.785. The van der Waals surface area contributed by atoms with Gasteiger partial charge in [0.05, 0.1) is 17.9 Å². The van der Waals surface area contributed by atoms with Crippen molar-refractivity contribution in [1.82, 2.24) is 4.98 Å². The Labute approximate surface area is 139 Å². The largest absolute Gasteiger partial charge is 0.395 e. The number of nitrogens with two attached hydrogens (primary N) is 1. The van der Waals surface area contributed by atoms with Crippen molar-refractivity contribution in [2.24, 2.45) is 5.73 Å². The Morgan fingerprint density at radius 1 is 1.35 bits per heavy atom. The summed E-state index contributed by atoms with van der Waals surface area (Å²) in [5, 5.41) is 18.4. The van der Waals surface area contributed by atoms with Gasteiger partial charge in [-0.2, -0.15) is 5.26 Å². The molecule has 6 heteroatoms. The number of hydrogen-bond acceptors (Lipinski definition) is 5. The second-order valence-corrected chi connectivity index (χ2v) is 6.36. The molecule has 0 radical (unpaired) electrons. The second-order valence-electron chi connectivity index (χ2n) is 5.11. The second kappa shape index (κ2) is 8.63. The molecule has 1 aromatic heterocycles. The van der Waals surface area contributed by atoms with Gasteiger partial charge in [-0.15, -0.1) is 11.8 Å². The molecule has 2 rings (SSSR count). The van der Waals surface area contributed by atoms with E-state index in [-0.39, 0.29) is 17.9 Å². The Hall–Kier alpha value is -1.94. The maximum Gasteiger partial charge on any atom is 0.131 e. The molecule has 4 nitrogen and oxygen atoms in total. The average Bonchev–Trinajstić information content (AvgIpc) is 2.61. The molecule has 0 saturated carbocycles. The van der Waals surface area contributed by atoms with E-state index in [1.807, 2.05) is 30.3 Å². The van der Waals surface area contributed by atoms with E-state index >= 15 is 0 Å². The highest BCUT2D eigenvalue weighted by atomic mass is 32.2. The number of rotatable bonds is 7. The van der Waals surface area contributed by atoms with Gasteiger partial charge in [0.25, 0.3) is 0 Å². The van der Waals surface area contributed by atoms with E-state index in [1.54, 1.807) is 6.07 Å². The fourth-order valence-corrected chi connectivity index (χ4v) is 3.53. The molecule has 2 atom stereocenters. The first-order valence-electron chi connectivity index (χ1n) is 7.21. The molecule has 0 fully saturated rings. The molecule has 1 heterocycles. The minimum Gasteiger partial charge on any atom is -0.395 e. The van der Waals surface area contributed by atoms with Crippen LogP contribution in [0.2, 0.25) is 0 Å². The van der Waals surface area contributed by atoms with Gasteiger partial charge in [-0.1, -0.05) is 30.3 Å². The third kappa shape index (κ3) is 4.76. The molecule has 23 heavy (non-hydrogen) atoms. The zero-order valence-electron chi connectivity index (χ0n) is 12.5. The summed E-state index contributed by atoms with van der Waals surface area (Å²) >= 11 is 1.45. The number of aromatic nitrogens is 1. The van der Waals surface area contributed by atoms with Crippen LogP contribution in [0.4, 0.5) is 4.39 Å². The predicted molar refractivity (Wildman–Crippen MR) is 88.5 cm³/mol. The van der Waals surface area contributed by atoms with E-state index < -0.39 is 6.67 Å². The lowest BCUT2D eigenvalue weighted by atomic mass is 10.1. The topological polar surface area (TPSA) is 82.9 Å². The lowest BCUT2D eigenvalue weighted by Crippen LogP contribution is -2.26. The Bertz CT molecular complexity index is 675. The number of hydrogen-bond donors (Lipinski definition) is 2. The van der Waals surface area contributed by atoms with E-state index in [4.69, 9.17) is 5.73 Å². The highest BCUT2D eigenvalue weighted by molar-refractivity contribution is 7.99. The van der Waals surface area contributed by atoms with E-state index in [2.05, 4.69) is 11.1 Å². The summed E-state index contributed by atoms with van der Waals surface area (Å²) in [6, 6.07) is 13.1. The first-order valence-corrected chi connectivity index (χ1v) is 8.09. The first-order chi connectivity index (χ1) is 11.2. The summed E-state index contributed by atoms with van der Waals surface area (Å²) in [5.41, 5.74) is 7.64. The van der Waals surface area contributed by atoms with E-state index in [9.17, 15) is 14.8 Å². The van der Waals surface area contributed by atoms with Gasteiger partial charge < -0.3 is 10.8 Å². The van der Waals surface area contributed by atoms with Gasteiger partial charge in [0.1, 0.15) is 12.7 Å². The van der Waals surface area contributed by atoms with Crippen molar-refractivity contribution in [2.75, 3.05) is 6.61 Å². The summed E-state index contributed by atoms with van der Waals surface area (Å²) in [5.74, 6) is 0. The molecule has 0 aliphatic rings. The normalized spacial score (nSPS) is 13.3. The van der Waals surface area contributed by atoms with Crippen molar-refractivity contribution in [1.29, 1.82) is 5.26 Å². The van der Waals surface area contributed by atoms with Crippen LogP contribution in [0.3, 0.4) is 0 Å². The Morgan fingerprint density at radius 3 is 2.70 bits per heavy atom. The van der Waals surface area contributed by atoms with Crippen molar-refractivity contribution < 1.29 is 9.50 Å². The van der Waals surface area contributed by atoms with Gasteiger partial charge in [-0.3, -0.25) is 4.98 Å². The molecule has 2 aromatic rings. The number of thioether (sulfide) groups is 1. The van der Waals surface area contributed by atoms with E-state index in [1.165, 1.54) is 18.0 Å². The molecule has 0 amide bonds. The van der Waals surface area contributed by atoms with Crippen molar-refractivity contribution >= 4 is 11.8 Å². The van der Waals surface area contributed by atoms with Crippen LogP contribution in [0.1, 0.15) is 28.5 Å². The summed E-state index contributed by atoms with van der Waals surface area (Å²) < 4.78 is 12.9. The minimum absolute atomic E-state index is 0.0414. The Kier molecular flexibility index (Phi) is 6.53. The number of nitrogens with zero attached hydrogens (tertiary/aromatic N) is 2. The van der Waals surface area contributed by atoms with Crippen LogP contribution < -0.4 is 5.73 Å². The minimum atomic E-state index is -0.675. The van der Waals surface area contributed by atoms with Gasteiger partial charge in [0.15, 0.2) is 0 Å². The zero-order valence-corrected chi connectivity index (χ0v) is 13.3. The molecule has 0 aliphatic heterocycles. The standard InChI is InChI=1S/C17H18FN3OS/c18-8-15-7-17(13(9-19)10-21-15)23-16(6-14(20)11-22)12-4-2-1-3-5-12/h1-5,7,10,14,16,22H,6,8,11,20H2/t14-,16+/m0/s1. The quantitative estimate of drug-likeness (QED) is 0.762. The molecular formula is C17H18FN3OS. The fourth-order valence-electron chi connectivity index (χ4n) is 2.15. The summed E-state index contributed by atoms with van der Waals surface area (Å²) in [6.07, 6.45) is 1.94. The SMILES string of the molecule is N#Cc1cnc(CF)cc1S[C@H](C[C@H](N)CO)c1ccccc1. The Balaban J connectivity index is 2.32. The molecule has 0 unspecified atom stereocenters. The molecule has 120 valence electrons. The third-order valence-corrected chi connectivity index (χ3v) is 4.71. The molecular weight excluding hydrogens is 313 g/mol. The van der Waals surface area contributed by atoms with Crippen molar-refractivity contribution in [3.8, 4) is 6.07 Å². The maximum atomic E-state index is 12.9. The average molecular weight is 331 g/mol. The van der Waals surface area contributed by atoms with E-state index in [0.29, 0.717) is 22.6 Å². The zero-order chi connectivity index (χ0) is 16.7. The number of aliphatic hydroxyl groups is 1. The number of pyridine rings is 1. The molecule has 0 bridgehead atoms. The predicted octanol–water partition coefficient (Wildman–Crippen LogP) is 2.97.